The number of piperidine rings is 1. The second-order valence-corrected chi connectivity index (χ2v) is 5.60. The molecule has 0 unspecified atom stereocenters. The van der Waals surface area contributed by atoms with Gasteiger partial charge < -0.3 is 9.47 Å². The molecule has 21 heavy (non-hydrogen) atoms. The molecule has 1 fully saturated rings. The molecule has 2 rings (SSSR count). The monoisotopic (exact) mass is 311 g/mol. The molecule has 0 radical (unpaired) electrons. The summed E-state index contributed by atoms with van der Waals surface area (Å²) >= 11 is 6.36. The van der Waals surface area contributed by atoms with Crippen molar-refractivity contribution >= 4 is 17.6 Å². The smallest absolute Gasteiger partial charge is 0.338 e. The molecule has 0 saturated carbocycles. The molecule has 0 bridgehead atoms. The lowest BCUT2D eigenvalue weighted by molar-refractivity contribution is 0.0526. The average Bonchev–Trinajstić information content (AvgIpc) is 2.50. The zero-order valence-corrected chi connectivity index (χ0v) is 13.4. The number of ether oxygens (including phenoxy) is 2. The Labute approximate surface area is 131 Å². The van der Waals surface area contributed by atoms with Crippen molar-refractivity contribution in [1.29, 1.82) is 0 Å². The minimum atomic E-state index is -0.373. The first kappa shape index (κ1) is 16.1. The van der Waals surface area contributed by atoms with Gasteiger partial charge in [-0.05, 0) is 45.0 Å². The van der Waals surface area contributed by atoms with E-state index in [0.717, 1.165) is 25.2 Å². The van der Waals surface area contributed by atoms with Gasteiger partial charge in [0, 0.05) is 17.1 Å². The number of halogens is 1. The Balaban J connectivity index is 2.22. The number of carbonyl (C=O) groups excluding carboxylic acids is 1. The minimum absolute atomic E-state index is 0.342. The molecular formula is C16H22ClNO3. The zero-order chi connectivity index (χ0) is 15.2. The van der Waals surface area contributed by atoms with Crippen molar-refractivity contribution in [2.24, 2.45) is 0 Å². The van der Waals surface area contributed by atoms with Gasteiger partial charge in [-0.2, -0.15) is 0 Å². The van der Waals surface area contributed by atoms with E-state index < -0.39 is 0 Å². The molecule has 1 aliphatic rings. The fourth-order valence-electron chi connectivity index (χ4n) is 2.62. The third-order valence-electron chi connectivity index (χ3n) is 3.72. The number of carbonyl (C=O) groups is 1. The first-order valence-corrected chi connectivity index (χ1v) is 7.79. The summed E-state index contributed by atoms with van der Waals surface area (Å²) in [5.41, 5.74) is 1.37. The number of esters is 1. The third-order valence-corrected chi connectivity index (χ3v) is 4.05. The molecule has 1 aliphatic heterocycles. The summed E-state index contributed by atoms with van der Waals surface area (Å²) in [5, 5.41) is 0.558. The Morgan fingerprint density at radius 1 is 1.29 bits per heavy atom. The molecular weight excluding hydrogens is 290 g/mol. The van der Waals surface area contributed by atoms with E-state index in [0.29, 0.717) is 22.9 Å². The van der Waals surface area contributed by atoms with Crippen LogP contribution in [0.1, 0.15) is 42.1 Å². The van der Waals surface area contributed by atoms with Crippen molar-refractivity contribution in [2.75, 3.05) is 26.8 Å². The van der Waals surface area contributed by atoms with Crippen molar-refractivity contribution in [3.63, 3.8) is 0 Å². The van der Waals surface area contributed by atoms with Crippen molar-refractivity contribution in [3.05, 3.63) is 28.3 Å². The number of hydrogen-bond donors (Lipinski definition) is 0. The van der Waals surface area contributed by atoms with Gasteiger partial charge in [0.1, 0.15) is 5.75 Å². The summed E-state index contributed by atoms with van der Waals surface area (Å²) in [6, 6.07) is 3.38. The molecule has 0 aliphatic carbocycles. The van der Waals surface area contributed by atoms with Crippen LogP contribution in [0.4, 0.5) is 0 Å². The number of methoxy groups -OCH3 is 1. The summed E-state index contributed by atoms with van der Waals surface area (Å²) in [5.74, 6) is 0.276. The van der Waals surface area contributed by atoms with Crippen LogP contribution in [0.3, 0.4) is 0 Å². The van der Waals surface area contributed by atoms with Crippen LogP contribution in [0, 0.1) is 0 Å². The van der Waals surface area contributed by atoms with Crippen LogP contribution in [0.15, 0.2) is 12.1 Å². The highest BCUT2D eigenvalue weighted by Crippen LogP contribution is 2.31. The Morgan fingerprint density at radius 2 is 2.00 bits per heavy atom. The Kier molecular flexibility index (Phi) is 5.88. The van der Waals surface area contributed by atoms with Crippen molar-refractivity contribution in [3.8, 4) is 5.75 Å². The molecule has 0 amide bonds. The SMILES string of the molecule is CCOC(=O)c1cc(Cl)c(CN2CCCCC2)c(OC)c1. The molecule has 0 aromatic heterocycles. The van der Waals surface area contributed by atoms with E-state index in [4.69, 9.17) is 21.1 Å². The first-order valence-electron chi connectivity index (χ1n) is 7.41. The topological polar surface area (TPSA) is 38.8 Å². The fourth-order valence-corrected chi connectivity index (χ4v) is 2.89. The predicted molar refractivity (Wildman–Crippen MR) is 83.1 cm³/mol. The number of benzene rings is 1. The maximum absolute atomic E-state index is 11.8. The summed E-state index contributed by atoms with van der Waals surface area (Å²) in [4.78, 5) is 14.2. The maximum atomic E-state index is 11.8. The molecule has 4 nitrogen and oxygen atoms in total. The van der Waals surface area contributed by atoms with Gasteiger partial charge >= 0.3 is 5.97 Å². The van der Waals surface area contributed by atoms with Gasteiger partial charge in [0.05, 0.1) is 19.3 Å². The summed E-state index contributed by atoms with van der Waals surface area (Å²) < 4.78 is 10.4. The number of rotatable bonds is 5. The molecule has 1 heterocycles. The molecule has 0 atom stereocenters. The van der Waals surface area contributed by atoms with E-state index in [1.165, 1.54) is 19.3 Å². The Hall–Kier alpha value is -1.26. The van der Waals surface area contributed by atoms with Crippen LogP contribution >= 0.6 is 11.6 Å². The molecule has 0 N–H and O–H groups in total. The van der Waals surface area contributed by atoms with Crippen LogP contribution in [-0.4, -0.2) is 37.7 Å². The van der Waals surface area contributed by atoms with Crippen LogP contribution in [0.25, 0.3) is 0 Å². The van der Waals surface area contributed by atoms with Gasteiger partial charge in [-0.3, -0.25) is 4.90 Å². The summed E-state index contributed by atoms with van der Waals surface area (Å²) in [6.45, 7) is 5.04. The lowest BCUT2D eigenvalue weighted by Crippen LogP contribution is -2.29. The van der Waals surface area contributed by atoms with Gasteiger partial charge in [-0.25, -0.2) is 4.79 Å². The minimum Gasteiger partial charge on any atom is -0.496 e. The highest BCUT2D eigenvalue weighted by Gasteiger charge is 2.18. The molecule has 0 spiro atoms. The zero-order valence-electron chi connectivity index (χ0n) is 12.7. The third kappa shape index (κ3) is 4.11. The van der Waals surface area contributed by atoms with E-state index in [1.807, 2.05) is 0 Å². The lowest BCUT2D eigenvalue weighted by Gasteiger charge is -2.27. The number of likely N-dealkylation sites (tertiary alicyclic amines) is 1. The normalized spacial score (nSPS) is 15.8. The number of nitrogens with zero attached hydrogens (tertiary/aromatic N) is 1. The Morgan fingerprint density at radius 3 is 2.62 bits per heavy atom. The average molecular weight is 312 g/mol. The highest BCUT2D eigenvalue weighted by atomic mass is 35.5. The molecule has 1 aromatic carbocycles. The van der Waals surface area contributed by atoms with Crippen LogP contribution in [0.5, 0.6) is 5.75 Å². The quantitative estimate of drug-likeness (QED) is 0.780. The second-order valence-electron chi connectivity index (χ2n) is 5.20. The maximum Gasteiger partial charge on any atom is 0.338 e. The molecule has 116 valence electrons. The van der Waals surface area contributed by atoms with E-state index in [2.05, 4.69) is 4.90 Å². The van der Waals surface area contributed by atoms with E-state index in [9.17, 15) is 4.79 Å². The van der Waals surface area contributed by atoms with Gasteiger partial charge in [-0.1, -0.05) is 18.0 Å². The largest absolute Gasteiger partial charge is 0.496 e. The van der Waals surface area contributed by atoms with Crippen molar-refractivity contribution in [2.45, 2.75) is 32.7 Å². The second kappa shape index (κ2) is 7.66. The van der Waals surface area contributed by atoms with E-state index >= 15 is 0 Å². The van der Waals surface area contributed by atoms with Gasteiger partial charge in [-0.15, -0.1) is 0 Å². The Bertz CT molecular complexity index is 499. The summed E-state index contributed by atoms with van der Waals surface area (Å²) in [6.07, 6.45) is 3.74. The van der Waals surface area contributed by atoms with E-state index in [1.54, 1.807) is 26.2 Å². The number of hydrogen-bond acceptors (Lipinski definition) is 4. The van der Waals surface area contributed by atoms with Crippen LogP contribution in [0.2, 0.25) is 5.02 Å². The first-order chi connectivity index (χ1) is 10.2. The predicted octanol–water partition coefficient (Wildman–Crippen LogP) is 3.51. The lowest BCUT2D eigenvalue weighted by atomic mass is 10.1. The summed E-state index contributed by atoms with van der Waals surface area (Å²) in [7, 11) is 1.60. The molecule has 1 aromatic rings. The van der Waals surface area contributed by atoms with Crippen LogP contribution in [-0.2, 0) is 11.3 Å². The fraction of sp³-hybridized carbons (Fsp3) is 0.562. The molecule has 1 saturated heterocycles. The van der Waals surface area contributed by atoms with Gasteiger partial charge in [0.15, 0.2) is 0 Å². The van der Waals surface area contributed by atoms with Crippen LogP contribution < -0.4 is 4.74 Å². The highest BCUT2D eigenvalue weighted by molar-refractivity contribution is 6.32. The van der Waals surface area contributed by atoms with Crippen molar-refractivity contribution in [1.82, 2.24) is 4.90 Å². The van der Waals surface area contributed by atoms with E-state index in [-0.39, 0.29) is 5.97 Å². The van der Waals surface area contributed by atoms with Gasteiger partial charge in [0.25, 0.3) is 0 Å². The standard InChI is InChI=1S/C16H22ClNO3/c1-3-21-16(19)12-9-14(17)13(15(10-12)20-2)11-18-7-5-4-6-8-18/h9-10H,3-8,11H2,1-2H3. The van der Waals surface area contributed by atoms with Crippen molar-refractivity contribution < 1.29 is 14.3 Å². The van der Waals surface area contributed by atoms with Gasteiger partial charge in [0.2, 0.25) is 0 Å². The molecule has 5 heteroatoms.